The molecule has 1 saturated carbocycles. The van der Waals surface area contributed by atoms with E-state index in [0.717, 1.165) is 22.1 Å². The van der Waals surface area contributed by atoms with E-state index in [9.17, 15) is 4.79 Å². The maximum absolute atomic E-state index is 11.7. The van der Waals surface area contributed by atoms with Crippen molar-refractivity contribution < 1.29 is 4.79 Å². The molecule has 2 aromatic rings. The number of hydrogen-bond acceptors (Lipinski definition) is 3. The van der Waals surface area contributed by atoms with Gasteiger partial charge in [-0.3, -0.25) is 4.79 Å². The van der Waals surface area contributed by atoms with Crippen molar-refractivity contribution in [3.8, 4) is 12.8 Å². The Hall–Kier alpha value is -2.00. The second kappa shape index (κ2) is 6.63. The molecule has 0 radical (unpaired) electrons. The molecule has 1 aliphatic rings. The molecule has 5 nitrogen and oxygen atoms in total. The van der Waals surface area contributed by atoms with E-state index in [4.69, 9.17) is 5.73 Å². The minimum Gasteiger partial charge on any atom is -0.379 e. The smallest absolute Gasteiger partial charge is 0.252 e. The Bertz CT molecular complexity index is 748. The third kappa shape index (κ3) is 3.35. The molecule has 0 saturated heterocycles. The molecule has 23 heavy (non-hydrogen) atoms. The average Bonchev–Trinajstić information content (AvgIpc) is 3.03. The van der Waals surface area contributed by atoms with E-state index in [-0.39, 0.29) is 5.41 Å². The molecular formula is C17H21BrN4O. The van der Waals surface area contributed by atoms with Crippen molar-refractivity contribution >= 4 is 33.0 Å². The Morgan fingerprint density at radius 2 is 2.22 bits per heavy atom. The van der Waals surface area contributed by atoms with Crippen molar-refractivity contribution in [2.45, 2.75) is 39.2 Å². The normalized spacial score (nSPS) is 19.1. The molecule has 2 heterocycles. The Balaban J connectivity index is 0.000000924. The predicted molar refractivity (Wildman–Crippen MR) is 96.3 cm³/mol. The van der Waals surface area contributed by atoms with Gasteiger partial charge in [0.15, 0.2) is 0 Å². The Kier molecular flexibility index (Phi) is 5.00. The lowest BCUT2D eigenvalue weighted by Crippen LogP contribution is -2.32. The van der Waals surface area contributed by atoms with Gasteiger partial charge >= 0.3 is 0 Å². The van der Waals surface area contributed by atoms with E-state index in [1.807, 2.05) is 12.3 Å². The summed E-state index contributed by atoms with van der Waals surface area (Å²) in [7, 11) is 0. The number of primary amides is 1. The number of carbonyl (C=O) groups excluding carboxylic acids is 1. The van der Waals surface area contributed by atoms with Crippen LogP contribution in [-0.2, 0) is 0 Å². The molecule has 3 N–H and O–H groups in total. The summed E-state index contributed by atoms with van der Waals surface area (Å²) in [5.74, 6) is -0.458. The van der Waals surface area contributed by atoms with Crippen LogP contribution in [0.5, 0.6) is 0 Å². The highest BCUT2D eigenvalue weighted by Crippen LogP contribution is 2.40. The van der Waals surface area contributed by atoms with Gasteiger partial charge in [0.1, 0.15) is 0 Å². The Morgan fingerprint density at radius 1 is 1.52 bits per heavy atom. The first-order valence-corrected chi connectivity index (χ1v) is 8.24. The van der Waals surface area contributed by atoms with Crippen LogP contribution in [0.4, 0.5) is 5.69 Å². The van der Waals surface area contributed by atoms with Gasteiger partial charge in [-0.2, -0.15) is 5.10 Å². The Labute approximate surface area is 144 Å². The summed E-state index contributed by atoms with van der Waals surface area (Å²) in [6.07, 6.45) is 14.9. The van der Waals surface area contributed by atoms with E-state index in [2.05, 4.69) is 53.0 Å². The number of amides is 1. The van der Waals surface area contributed by atoms with Gasteiger partial charge in [0.05, 0.1) is 23.0 Å². The van der Waals surface area contributed by atoms with Gasteiger partial charge in [-0.05, 0) is 40.3 Å². The van der Waals surface area contributed by atoms with Gasteiger partial charge in [-0.1, -0.05) is 20.3 Å². The zero-order valence-electron chi connectivity index (χ0n) is 13.3. The summed E-state index contributed by atoms with van der Waals surface area (Å²) in [4.78, 5) is 11.7. The third-order valence-electron chi connectivity index (χ3n) is 4.45. The van der Waals surface area contributed by atoms with Crippen LogP contribution in [0, 0.1) is 18.3 Å². The lowest BCUT2D eigenvalue weighted by atomic mass is 9.87. The number of terminal acetylenes is 1. The molecule has 0 bridgehead atoms. The fourth-order valence-corrected chi connectivity index (χ4v) is 3.54. The van der Waals surface area contributed by atoms with Crippen molar-refractivity contribution in [3.05, 3.63) is 28.5 Å². The highest BCUT2D eigenvalue weighted by molar-refractivity contribution is 9.10. The second-order valence-corrected chi connectivity index (χ2v) is 7.28. The van der Waals surface area contributed by atoms with Crippen LogP contribution in [0.3, 0.4) is 0 Å². The molecule has 1 aliphatic carbocycles. The monoisotopic (exact) mass is 376 g/mol. The van der Waals surface area contributed by atoms with Crippen LogP contribution in [0.25, 0.3) is 5.52 Å². The summed E-state index contributed by atoms with van der Waals surface area (Å²) in [6.45, 7) is 4.52. The van der Waals surface area contributed by atoms with Gasteiger partial charge in [0, 0.05) is 16.7 Å². The van der Waals surface area contributed by atoms with Crippen LogP contribution in [-0.4, -0.2) is 21.6 Å². The minimum atomic E-state index is -0.458. The molecule has 122 valence electrons. The third-order valence-corrected chi connectivity index (χ3v) is 4.88. The summed E-state index contributed by atoms with van der Waals surface area (Å²) in [5.41, 5.74) is 7.80. The van der Waals surface area contributed by atoms with E-state index < -0.39 is 5.91 Å². The van der Waals surface area contributed by atoms with E-state index >= 15 is 0 Å². The van der Waals surface area contributed by atoms with Crippen molar-refractivity contribution in [1.29, 1.82) is 0 Å². The van der Waals surface area contributed by atoms with Gasteiger partial charge in [-0.25, -0.2) is 4.52 Å². The Morgan fingerprint density at radius 3 is 2.78 bits per heavy atom. The number of aromatic nitrogens is 2. The highest BCUT2D eigenvalue weighted by Gasteiger charge is 2.35. The van der Waals surface area contributed by atoms with E-state index in [1.165, 1.54) is 19.0 Å². The molecule has 1 fully saturated rings. The van der Waals surface area contributed by atoms with Crippen LogP contribution in [0.1, 0.15) is 43.5 Å². The number of anilines is 1. The van der Waals surface area contributed by atoms with Crippen LogP contribution >= 0.6 is 15.9 Å². The molecule has 2 aromatic heterocycles. The number of nitrogens with zero attached hydrogens (tertiary/aromatic N) is 2. The first-order chi connectivity index (χ1) is 10.9. The molecule has 1 amide bonds. The number of hydrogen-bond donors (Lipinski definition) is 2. The molecule has 0 unspecified atom stereocenters. The van der Waals surface area contributed by atoms with Crippen LogP contribution < -0.4 is 11.1 Å². The topological polar surface area (TPSA) is 72.4 Å². The summed E-state index contributed by atoms with van der Waals surface area (Å²) in [5, 5.41) is 7.80. The van der Waals surface area contributed by atoms with E-state index in [0.29, 0.717) is 11.6 Å². The van der Waals surface area contributed by atoms with Gasteiger partial charge in [0.2, 0.25) is 0 Å². The number of nitrogens with two attached hydrogens (primary N) is 1. The SMILES string of the molecule is C#C.CC1(C)CCC[C@H]1Nc1c(C(N)=O)cnn2cc(Br)cc12. The second-order valence-electron chi connectivity index (χ2n) is 6.36. The van der Waals surface area contributed by atoms with Crippen molar-refractivity contribution in [2.75, 3.05) is 5.32 Å². The first kappa shape index (κ1) is 17.4. The molecular weight excluding hydrogens is 356 g/mol. The predicted octanol–water partition coefficient (Wildman–Crippen LogP) is 3.44. The molecule has 1 atom stereocenters. The minimum absolute atomic E-state index is 0.207. The molecule has 0 aliphatic heterocycles. The number of carbonyl (C=O) groups is 1. The molecule has 3 rings (SSSR count). The first-order valence-electron chi connectivity index (χ1n) is 7.45. The maximum atomic E-state index is 11.7. The molecule has 0 spiro atoms. The molecule has 6 heteroatoms. The molecule has 0 aromatic carbocycles. The summed E-state index contributed by atoms with van der Waals surface area (Å²) in [6, 6.07) is 2.28. The fourth-order valence-electron chi connectivity index (χ4n) is 3.13. The quantitative estimate of drug-likeness (QED) is 0.805. The number of fused-ring (bicyclic) bond motifs is 1. The zero-order chi connectivity index (χ0) is 17.2. The average molecular weight is 377 g/mol. The number of halogens is 1. The van der Waals surface area contributed by atoms with Crippen LogP contribution in [0.15, 0.2) is 22.9 Å². The van der Waals surface area contributed by atoms with Gasteiger partial charge in [0.25, 0.3) is 5.91 Å². The standard InChI is InChI=1S/C15H19BrN4O.C2H2/c1-15(2)5-3-4-12(15)19-13-10(14(17)21)7-18-20-8-9(16)6-11(13)20;1-2/h6-8,12,19H,3-5H2,1-2H3,(H2,17,21);1-2H/t12-;/m1./s1. The maximum Gasteiger partial charge on any atom is 0.252 e. The lowest BCUT2D eigenvalue weighted by molar-refractivity contribution is 0.100. The van der Waals surface area contributed by atoms with Crippen LogP contribution in [0.2, 0.25) is 0 Å². The van der Waals surface area contributed by atoms with E-state index in [1.54, 1.807) is 4.52 Å². The zero-order valence-corrected chi connectivity index (χ0v) is 14.9. The summed E-state index contributed by atoms with van der Waals surface area (Å²) < 4.78 is 2.67. The van der Waals surface area contributed by atoms with Crippen molar-refractivity contribution in [1.82, 2.24) is 9.61 Å². The van der Waals surface area contributed by atoms with Crippen molar-refractivity contribution in [2.24, 2.45) is 11.1 Å². The van der Waals surface area contributed by atoms with Crippen molar-refractivity contribution in [3.63, 3.8) is 0 Å². The largest absolute Gasteiger partial charge is 0.379 e. The number of nitrogens with one attached hydrogen (secondary N) is 1. The van der Waals surface area contributed by atoms with Gasteiger partial charge < -0.3 is 11.1 Å². The lowest BCUT2D eigenvalue weighted by Gasteiger charge is -2.29. The number of rotatable bonds is 3. The van der Waals surface area contributed by atoms with Gasteiger partial charge in [-0.15, -0.1) is 12.8 Å². The summed E-state index contributed by atoms with van der Waals surface area (Å²) >= 11 is 3.45. The fraction of sp³-hybridized carbons (Fsp3) is 0.412. The highest BCUT2D eigenvalue weighted by atomic mass is 79.9.